The van der Waals surface area contributed by atoms with Crippen LogP contribution in [0.25, 0.3) is 0 Å². The number of hydrogen-bond donors (Lipinski definition) is 1. The minimum absolute atomic E-state index is 0.238. The first kappa shape index (κ1) is 20.8. The molecule has 1 spiro atoms. The number of carbonyl (C=O) groups is 3. The van der Waals surface area contributed by atoms with E-state index in [1.807, 2.05) is 19.1 Å². The van der Waals surface area contributed by atoms with Gasteiger partial charge in [-0.1, -0.05) is 26.0 Å². The second-order valence-corrected chi connectivity index (χ2v) is 8.21. The van der Waals surface area contributed by atoms with Crippen molar-refractivity contribution in [3.8, 4) is 6.07 Å². The largest absolute Gasteiger partial charge is 0.337 e. The van der Waals surface area contributed by atoms with Crippen LogP contribution >= 0.6 is 0 Å². The minimum Gasteiger partial charge on any atom is -0.337 e. The van der Waals surface area contributed by atoms with Gasteiger partial charge in [-0.05, 0) is 55.7 Å². The van der Waals surface area contributed by atoms with E-state index < -0.39 is 11.6 Å². The monoisotopic (exact) mass is 396 g/mol. The molecular weight excluding hydrogens is 368 g/mol. The molecule has 29 heavy (non-hydrogen) atoms. The standard InChI is InChI=1S/C22H28N4O3/c1-3-12-25(14-18-6-4-17(13-23)5-7-18)19(27)15-26-20(28)22(24-21(26)29)10-8-16(2)9-11-22/h4-7,16H,3,8-12,14-15H2,1-2H3,(H,24,29). The molecule has 7 heteroatoms. The molecule has 4 amide bonds. The topological polar surface area (TPSA) is 93.5 Å². The van der Waals surface area contributed by atoms with Crippen LogP contribution in [-0.2, 0) is 16.1 Å². The molecule has 0 unspecified atom stereocenters. The van der Waals surface area contributed by atoms with Crippen LogP contribution in [0.15, 0.2) is 24.3 Å². The summed E-state index contributed by atoms with van der Waals surface area (Å²) in [5.74, 6) is 0.0342. The summed E-state index contributed by atoms with van der Waals surface area (Å²) in [6.45, 7) is 4.81. The van der Waals surface area contributed by atoms with Gasteiger partial charge in [0, 0.05) is 13.1 Å². The summed E-state index contributed by atoms with van der Waals surface area (Å²) in [5, 5.41) is 11.8. The molecule has 0 aromatic heterocycles. The Morgan fingerprint density at radius 3 is 2.52 bits per heavy atom. The second-order valence-electron chi connectivity index (χ2n) is 8.21. The van der Waals surface area contributed by atoms with Crippen molar-refractivity contribution in [2.75, 3.05) is 13.1 Å². The zero-order valence-electron chi connectivity index (χ0n) is 17.1. The molecule has 154 valence electrons. The maximum absolute atomic E-state index is 13.0. The number of carbonyl (C=O) groups excluding carboxylic acids is 3. The van der Waals surface area contributed by atoms with Crippen LogP contribution in [0.1, 0.15) is 57.1 Å². The Morgan fingerprint density at radius 1 is 1.28 bits per heavy atom. The number of benzene rings is 1. The molecule has 1 N–H and O–H groups in total. The third-order valence-electron chi connectivity index (χ3n) is 5.97. The lowest BCUT2D eigenvalue weighted by Crippen LogP contribution is -2.50. The van der Waals surface area contributed by atoms with Gasteiger partial charge in [-0.3, -0.25) is 14.5 Å². The van der Waals surface area contributed by atoms with Gasteiger partial charge < -0.3 is 10.2 Å². The van der Waals surface area contributed by atoms with Gasteiger partial charge in [-0.15, -0.1) is 0 Å². The normalized spacial score (nSPS) is 23.8. The summed E-state index contributed by atoms with van der Waals surface area (Å²) in [7, 11) is 0. The summed E-state index contributed by atoms with van der Waals surface area (Å²) in [6, 6.07) is 8.68. The molecule has 7 nitrogen and oxygen atoms in total. The molecule has 1 aliphatic carbocycles. The Hall–Kier alpha value is -2.88. The van der Waals surface area contributed by atoms with Crippen molar-refractivity contribution in [2.45, 2.75) is 58.0 Å². The highest BCUT2D eigenvalue weighted by molar-refractivity contribution is 6.09. The molecule has 1 aliphatic heterocycles. The Kier molecular flexibility index (Phi) is 6.21. The molecule has 1 aromatic carbocycles. The number of urea groups is 1. The number of imide groups is 1. The average Bonchev–Trinajstić information content (AvgIpc) is 2.94. The van der Waals surface area contributed by atoms with Crippen LogP contribution in [0.5, 0.6) is 0 Å². The summed E-state index contributed by atoms with van der Waals surface area (Å²) in [4.78, 5) is 41.1. The van der Waals surface area contributed by atoms with E-state index in [1.54, 1.807) is 17.0 Å². The summed E-state index contributed by atoms with van der Waals surface area (Å²) < 4.78 is 0. The maximum Gasteiger partial charge on any atom is 0.325 e. The fraction of sp³-hybridized carbons (Fsp3) is 0.545. The zero-order chi connectivity index (χ0) is 21.0. The first-order chi connectivity index (χ1) is 13.9. The molecule has 1 saturated carbocycles. The molecule has 0 radical (unpaired) electrons. The first-order valence-corrected chi connectivity index (χ1v) is 10.3. The van der Waals surface area contributed by atoms with E-state index >= 15 is 0 Å². The van der Waals surface area contributed by atoms with Crippen molar-refractivity contribution >= 4 is 17.8 Å². The van der Waals surface area contributed by atoms with E-state index in [9.17, 15) is 14.4 Å². The number of amides is 4. The van der Waals surface area contributed by atoms with E-state index in [1.165, 1.54) is 0 Å². The van der Waals surface area contributed by atoms with Gasteiger partial charge in [-0.2, -0.15) is 5.26 Å². The molecule has 1 saturated heterocycles. The van der Waals surface area contributed by atoms with Gasteiger partial charge in [0.1, 0.15) is 12.1 Å². The van der Waals surface area contributed by atoms with E-state index in [0.717, 1.165) is 29.7 Å². The molecule has 0 atom stereocenters. The highest BCUT2D eigenvalue weighted by atomic mass is 16.2. The third-order valence-corrected chi connectivity index (χ3v) is 5.97. The van der Waals surface area contributed by atoms with Crippen LogP contribution in [0, 0.1) is 17.2 Å². The Labute approximate surface area is 171 Å². The highest BCUT2D eigenvalue weighted by Gasteiger charge is 2.52. The second kappa shape index (κ2) is 8.64. The summed E-state index contributed by atoms with van der Waals surface area (Å²) >= 11 is 0. The van der Waals surface area contributed by atoms with Gasteiger partial charge in [0.05, 0.1) is 11.6 Å². The lowest BCUT2D eigenvalue weighted by molar-refractivity contribution is -0.140. The number of nitrogens with one attached hydrogen (secondary N) is 1. The van der Waals surface area contributed by atoms with Gasteiger partial charge in [0.2, 0.25) is 5.91 Å². The van der Waals surface area contributed by atoms with Gasteiger partial charge >= 0.3 is 6.03 Å². The van der Waals surface area contributed by atoms with Crippen LogP contribution < -0.4 is 5.32 Å². The average molecular weight is 396 g/mol. The number of nitriles is 1. The van der Waals surface area contributed by atoms with E-state index in [-0.39, 0.29) is 18.4 Å². The summed E-state index contributed by atoms with van der Waals surface area (Å²) in [5.41, 5.74) is 0.640. The van der Waals surface area contributed by atoms with Gasteiger partial charge in [0.25, 0.3) is 5.91 Å². The maximum atomic E-state index is 13.0. The number of hydrogen-bond acceptors (Lipinski definition) is 4. The molecule has 2 aliphatic rings. The van der Waals surface area contributed by atoms with Crippen LogP contribution in [0.2, 0.25) is 0 Å². The van der Waals surface area contributed by atoms with Crippen LogP contribution in [-0.4, -0.2) is 46.3 Å². The lowest BCUT2D eigenvalue weighted by atomic mass is 9.77. The van der Waals surface area contributed by atoms with Crippen molar-refractivity contribution in [1.29, 1.82) is 5.26 Å². The molecule has 2 fully saturated rings. The van der Waals surface area contributed by atoms with E-state index in [4.69, 9.17) is 5.26 Å². The molecule has 3 rings (SSSR count). The zero-order valence-corrected chi connectivity index (χ0v) is 17.1. The van der Waals surface area contributed by atoms with Crippen molar-refractivity contribution in [1.82, 2.24) is 15.1 Å². The van der Waals surface area contributed by atoms with Crippen LogP contribution in [0.3, 0.4) is 0 Å². The molecule has 1 heterocycles. The molecule has 1 aromatic rings. The SMILES string of the molecule is CCCN(Cc1ccc(C#N)cc1)C(=O)CN1C(=O)NC2(CCC(C)CC2)C1=O. The smallest absolute Gasteiger partial charge is 0.325 e. The molecular formula is C22H28N4O3. The fourth-order valence-electron chi connectivity index (χ4n) is 4.12. The van der Waals surface area contributed by atoms with Crippen molar-refractivity contribution in [2.24, 2.45) is 5.92 Å². The predicted octanol–water partition coefficient (Wildman–Crippen LogP) is 2.80. The van der Waals surface area contributed by atoms with E-state index in [0.29, 0.717) is 37.4 Å². The van der Waals surface area contributed by atoms with Crippen molar-refractivity contribution < 1.29 is 14.4 Å². The Morgan fingerprint density at radius 2 is 1.93 bits per heavy atom. The Balaban J connectivity index is 1.68. The van der Waals surface area contributed by atoms with Crippen molar-refractivity contribution in [3.63, 3.8) is 0 Å². The highest BCUT2D eigenvalue weighted by Crippen LogP contribution is 2.36. The molecule has 0 bridgehead atoms. The lowest BCUT2D eigenvalue weighted by Gasteiger charge is -2.33. The van der Waals surface area contributed by atoms with Gasteiger partial charge in [0.15, 0.2) is 0 Å². The predicted molar refractivity (Wildman–Crippen MR) is 107 cm³/mol. The van der Waals surface area contributed by atoms with Crippen LogP contribution in [0.4, 0.5) is 4.79 Å². The fourth-order valence-corrected chi connectivity index (χ4v) is 4.12. The van der Waals surface area contributed by atoms with Gasteiger partial charge in [-0.25, -0.2) is 4.79 Å². The van der Waals surface area contributed by atoms with E-state index in [2.05, 4.69) is 18.3 Å². The quantitative estimate of drug-likeness (QED) is 0.748. The summed E-state index contributed by atoms with van der Waals surface area (Å²) in [6.07, 6.45) is 3.83. The Bertz CT molecular complexity index is 819. The first-order valence-electron chi connectivity index (χ1n) is 10.3. The minimum atomic E-state index is -0.827. The number of rotatable bonds is 6. The third kappa shape index (κ3) is 4.42. The number of nitrogens with zero attached hydrogens (tertiary/aromatic N) is 3. The van der Waals surface area contributed by atoms with Crippen molar-refractivity contribution in [3.05, 3.63) is 35.4 Å².